The van der Waals surface area contributed by atoms with Crippen molar-refractivity contribution in [1.29, 1.82) is 0 Å². The Morgan fingerprint density at radius 2 is 2.00 bits per heavy atom. The van der Waals surface area contributed by atoms with E-state index in [-0.39, 0.29) is 5.91 Å². The van der Waals surface area contributed by atoms with E-state index >= 15 is 0 Å². The average Bonchev–Trinajstić information content (AvgIpc) is 3.00. The molecule has 2 bridgehead atoms. The van der Waals surface area contributed by atoms with E-state index in [2.05, 4.69) is 36.2 Å². The van der Waals surface area contributed by atoms with Crippen LogP contribution in [-0.4, -0.2) is 36.0 Å². The van der Waals surface area contributed by atoms with Crippen molar-refractivity contribution in [2.24, 2.45) is 0 Å². The van der Waals surface area contributed by atoms with Gasteiger partial charge in [0.25, 0.3) is 0 Å². The van der Waals surface area contributed by atoms with Crippen molar-refractivity contribution in [1.82, 2.24) is 10.2 Å². The number of nitrogens with one attached hydrogen (secondary N) is 1. The van der Waals surface area contributed by atoms with Crippen LogP contribution in [0, 0.1) is 13.8 Å². The van der Waals surface area contributed by atoms with E-state index in [9.17, 15) is 4.79 Å². The molecule has 0 aliphatic carbocycles. The molecule has 1 aromatic heterocycles. The zero-order chi connectivity index (χ0) is 16.0. The van der Waals surface area contributed by atoms with Crippen LogP contribution in [0.4, 0.5) is 0 Å². The molecule has 1 N–H and O–H groups in total. The fraction of sp³-hybridized carbons (Fsp3) is 0.526. The first-order chi connectivity index (χ1) is 11.1. The summed E-state index contributed by atoms with van der Waals surface area (Å²) in [6, 6.07) is 5.01. The van der Waals surface area contributed by atoms with Crippen LogP contribution in [0.25, 0.3) is 11.0 Å². The summed E-state index contributed by atoms with van der Waals surface area (Å²) < 4.78 is 5.68. The van der Waals surface area contributed by atoms with Crippen molar-refractivity contribution in [2.45, 2.75) is 51.6 Å². The van der Waals surface area contributed by atoms with Gasteiger partial charge < -0.3 is 14.6 Å². The summed E-state index contributed by atoms with van der Waals surface area (Å²) in [5, 5.41) is 4.54. The first-order valence-corrected chi connectivity index (χ1v) is 8.62. The third kappa shape index (κ3) is 2.55. The van der Waals surface area contributed by atoms with Gasteiger partial charge in [0.05, 0.1) is 12.7 Å². The summed E-state index contributed by atoms with van der Waals surface area (Å²) in [5.74, 6) is 0.252. The lowest BCUT2D eigenvalue weighted by Crippen LogP contribution is -2.43. The Labute approximate surface area is 136 Å². The minimum Gasteiger partial charge on any atom is -0.464 e. The predicted molar refractivity (Wildman–Crippen MR) is 90.5 cm³/mol. The molecule has 23 heavy (non-hydrogen) atoms. The van der Waals surface area contributed by atoms with E-state index in [0.29, 0.717) is 18.5 Å². The van der Waals surface area contributed by atoms with E-state index < -0.39 is 0 Å². The molecule has 122 valence electrons. The Bertz CT molecular complexity index is 735. The Balaban J connectivity index is 1.60. The first-order valence-electron chi connectivity index (χ1n) is 8.62. The highest BCUT2D eigenvalue weighted by molar-refractivity contribution is 5.88. The van der Waals surface area contributed by atoms with Crippen molar-refractivity contribution in [2.75, 3.05) is 13.1 Å². The van der Waals surface area contributed by atoms with Crippen molar-refractivity contribution in [3.63, 3.8) is 0 Å². The SMILES string of the molecule is Cc1cc2occ(CC(=O)N3C4CCNCC3CC4)c2cc1C. The monoisotopic (exact) mass is 312 g/mol. The molecule has 2 fully saturated rings. The zero-order valence-corrected chi connectivity index (χ0v) is 13.9. The molecule has 0 saturated carbocycles. The van der Waals surface area contributed by atoms with Gasteiger partial charge in [-0.15, -0.1) is 0 Å². The molecule has 2 saturated heterocycles. The van der Waals surface area contributed by atoms with E-state index in [1.165, 1.54) is 11.1 Å². The van der Waals surface area contributed by atoms with Gasteiger partial charge in [0.2, 0.25) is 5.91 Å². The summed E-state index contributed by atoms with van der Waals surface area (Å²) in [6.07, 6.45) is 5.57. The maximum absolute atomic E-state index is 12.9. The highest BCUT2D eigenvalue weighted by Crippen LogP contribution is 2.30. The fourth-order valence-electron chi connectivity index (χ4n) is 4.12. The molecule has 3 heterocycles. The number of hydrogen-bond donors (Lipinski definition) is 1. The molecule has 1 aromatic carbocycles. The van der Waals surface area contributed by atoms with Gasteiger partial charge >= 0.3 is 0 Å². The maximum atomic E-state index is 12.9. The normalized spacial score (nSPS) is 24.2. The van der Waals surface area contributed by atoms with Gasteiger partial charge in [0.1, 0.15) is 5.58 Å². The third-order valence-electron chi connectivity index (χ3n) is 5.55. The van der Waals surface area contributed by atoms with Crippen LogP contribution in [0.15, 0.2) is 22.8 Å². The summed E-state index contributed by atoms with van der Waals surface area (Å²) in [5.41, 5.74) is 4.37. The van der Waals surface area contributed by atoms with Crippen LogP contribution in [0.3, 0.4) is 0 Å². The minimum absolute atomic E-state index is 0.252. The number of benzene rings is 1. The Kier molecular flexibility index (Phi) is 3.64. The smallest absolute Gasteiger partial charge is 0.227 e. The number of carbonyl (C=O) groups is 1. The lowest BCUT2D eigenvalue weighted by molar-refractivity contribution is -0.133. The van der Waals surface area contributed by atoms with Gasteiger partial charge in [-0.1, -0.05) is 0 Å². The largest absolute Gasteiger partial charge is 0.464 e. The summed E-state index contributed by atoms with van der Waals surface area (Å²) >= 11 is 0. The second kappa shape index (κ2) is 5.68. The molecule has 2 aliphatic rings. The molecule has 0 radical (unpaired) electrons. The van der Waals surface area contributed by atoms with Gasteiger partial charge in [0.15, 0.2) is 0 Å². The van der Waals surface area contributed by atoms with Gasteiger partial charge in [-0.25, -0.2) is 0 Å². The van der Waals surface area contributed by atoms with Crippen LogP contribution in [-0.2, 0) is 11.2 Å². The van der Waals surface area contributed by atoms with E-state index in [1.807, 2.05) is 0 Å². The molecule has 2 aliphatic heterocycles. The lowest BCUT2D eigenvalue weighted by atomic mass is 10.0. The van der Waals surface area contributed by atoms with Crippen LogP contribution in [0.2, 0.25) is 0 Å². The molecule has 4 nitrogen and oxygen atoms in total. The summed E-state index contributed by atoms with van der Waals surface area (Å²) in [6.45, 7) is 6.16. The maximum Gasteiger partial charge on any atom is 0.227 e. The summed E-state index contributed by atoms with van der Waals surface area (Å²) in [4.78, 5) is 15.1. The van der Waals surface area contributed by atoms with Gasteiger partial charge in [-0.05, 0) is 62.9 Å². The zero-order valence-electron chi connectivity index (χ0n) is 13.9. The van der Waals surface area contributed by atoms with E-state index in [0.717, 1.165) is 48.9 Å². The van der Waals surface area contributed by atoms with Crippen molar-refractivity contribution >= 4 is 16.9 Å². The minimum atomic E-state index is 0.252. The molecular weight excluding hydrogens is 288 g/mol. The number of fused-ring (bicyclic) bond motifs is 3. The highest BCUT2D eigenvalue weighted by Gasteiger charge is 2.37. The molecule has 4 rings (SSSR count). The van der Waals surface area contributed by atoms with E-state index in [1.54, 1.807) is 6.26 Å². The molecule has 2 unspecified atom stereocenters. The fourth-order valence-corrected chi connectivity index (χ4v) is 4.12. The third-order valence-corrected chi connectivity index (χ3v) is 5.55. The Hall–Kier alpha value is -1.81. The van der Waals surface area contributed by atoms with Crippen LogP contribution in [0.5, 0.6) is 0 Å². The van der Waals surface area contributed by atoms with Gasteiger partial charge in [-0.3, -0.25) is 4.79 Å². The molecule has 2 aromatic rings. The number of amides is 1. The quantitative estimate of drug-likeness (QED) is 0.927. The van der Waals surface area contributed by atoms with Crippen molar-refractivity contribution in [3.8, 4) is 0 Å². The van der Waals surface area contributed by atoms with Crippen LogP contribution in [0.1, 0.15) is 36.0 Å². The predicted octanol–water partition coefficient (Wildman–Crippen LogP) is 2.95. The number of hydrogen-bond acceptors (Lipinski definition) is 3. The Morgan fingerprint density at radius 3 is 2.87 bits per heavy atom. The summed E-state index contributed by atoms with van der Waals surface area (Å²) in [7, 11) is 0. The second-order valence-corrected chi connectivity index (χ2v) is 7.05. The van der Waals surface area contributed by atoms with Crippen LogP contribution >= 0.6 is 0 Å². The molecule has 2 atom stereocenters. The number of rotatable bonds is 2. The molecular formula is C19H24N2O2. The number of aryl methyl sites for hydroxylation is 2. The number of furan rings is 1. The number of carbonyl (C=O) groups excluding carboxylic acids is 1. The van der Waals surface area contributed by atoms with E-state index in [4.69, 9.17) is 4.42 Å². The topological polar surface area (TPSA) is 45.5 Å². The highest BCUT2D eigenvalue weighted by atomic mass is 16.3. The molecule has 1 amide bonds. The first kappa shape index (κ1) is 14.8. The molecule has 0 spiro atoms. The molecule has 4 heteroatoms. The van der Waals surface area contributed by atoms with Crippen molar-refractivity contribution in [3.05, 3.63) is 35.1 Å². The lowest BCUT2D eigenvalue weighted by Gasteiger charge is -2.27. The van der Waals surface area contributed by atoms with Crippen molar-refractivity contribution < 1.29 is 9.21 Å². The van der Waals surface area contributed by atoms with Gasteiger partial charge in [0, 0.05) is 29.6 Å². The van der Waals surface area contributed by atoms with Gasteiger partial charge in [-0.2, -0.15) is 0 Å². The van der Waals surface area contributed by atoms with Crippen LogP contribution < -0.4 is 5.32 Å². The number of nitrogens with zero attached hydrogens (tertiary/aromatic N) is 1. The second-order valence-electron chi connectivity index (χ2n) is 7.05. The standard InChI is InChI=1S/C19H24N2O2/c1-12-7-17-14(11-23-18(17)8-13(12)2)9-19(22)21-15-3-4-16(21)10-20-6-5-15/h7-8,11,15-16,20H,3-6,9-10H2,1-2H3. The Morgan fingerprint density at radius 1 is 1.22 bits per heavy atom. The average molecular weight is 312 g/mol.